The second-order valence-corrected chi connectivity index (χ2v) is 5.39. The maximum absolute atomic E-state index is 11.7. The zero-order valence-corrected chi connectivity index (χ0v) is 10.8. The Morgan fingerprint density at radius 2 is 1.94 bits per heavy atom. The Labute approximate surface area is 106 Å². The second kappa shape index (κ2) is 5.08. The second-order valence-electron chi connectivity index (χ2n) is 5.39. The summed E-state index contributed by atoms with van der Waals surface area (Å²) < 4.78 is 0. The van der Waals surface area contributed by atoms with Crippen molar-refractivity contribution in [1.29, 1.82) is 0 Å². The maximum atomic E-state index is 11.7. The molecule has 0 saturated heterocycles. The van der Waals surface area contributed by atoms with Crippen molar-refractivity contribution in [3.8, 4) is 0 Å². The van der Waals surface area contributed by atoms with E-state index in [-0.39, 0.29) is 22.6 Å². The van der Waals surface area contributed by atoms with Gasteiger partial charge in [0.1, 0.15) is 0 Å². The van der Waals surface area contributed by atoms with Gasteiger partial charge in [0.2, 0.25) is 5.91 Å². The van der Waals surface area contributed by atoms with Crippen LogP contribution in [0.5, 0.6) is 0 Å². The van der Waals surface area contributed by atoms with Crippen LogP contribution in [0.15, 0.2) is 18.2 Å². The minimum atomic E-state index is -1.05. The average Bonchev–Trinajstić information content (AvgIpc) is 2.17. The molecule has 0 aliphatic carbocycles. The summed E-state index contributed by atoms with van der Waals surface area (Å²) in [6.45, 7) is 5.89. The molecule has 1 aromatic rings. The highest BCUT2D eigenvalue weighted by molar-refractivity contribution is 5.96. The van der Waals surface area contributed by atoms with Crippen LogP contribution < -0.4 is 11.1 Å². The fraction of sp³-hybridized carbons (Fsp3) is 0.385. The first-order valence-electron chi connectivity index (χ1n) is 5.62. The smallest absolute Gasteiger partial charge is 0.335 e. The predicted octanol–water partition coefficient (Wildman–Crippen LogP) is 2.34. The predicted molar refractivity (Wildman–Crippen MR) is 70.5 cm³/mol. The summed E-state index contributed by atoms with van der Waals surface area (Å²) in [6, 6.07) is 4.24. The summed E-state index contributed by atoms with van der Waals surface area (Å²) in [7, 11) is 0. The van der Waals surface area contributed by atoms with Crippen LogP contribution in [-0.4, -0.2) is 17.0 Å². The Hall–Kier alpha value is -2.04. The molecule has 5 heteroatoms. The molecule has 4 N–H and O–H groups in total. The summed E-state index contributed by atoms with van der Waals surface area (Å²) in [4.78, 5) is 22.4. The number of carbonyl (C=O) groups is 2. The van der Waals surface area contributed by atoms with E-state index < -0.39 is 5.97 Å². The standard InChI is InChI=1S/C13H18N2O3/c1-13(2,3)7-11(16)15-10-5-4-8(12(17)18)6-9(10)14/h4-6H,7,14H2,1-3H3,(H,15,16)(H,17,18). The fourth-order valence-electron chi connectivity index (χ4n) is 1.49. The zero-order chi connectivity index (χ0) is 13.9. The molecule has 0 unspecified atom stereocenters. The van der Waals surface area contributed by atoms with Crippen molar-refractivity contribution in [2.24, 2.45) is 5.41 Å². The van der Waals surface area contributed by atoms with Gasteiger partial charge in [0.05, 0.1) is 16.9 Å². The third kappa shape index (κ3) is 4.08. The van der Waals surface area contributed by atoms with Crippen LogP contribution >= 0.6 is 0 Å². The first kappa shape index (κ1) is 14.0. The van der Waals surface area contributed by atoms with E-state index in [9.17, 15) is 9.59 Å². The van der Waals surface area contributed by atoms with Crippen molar-refractivity contribution in [2.75, 3.05) is 11.1 Å². The van der Waals surface area contributed by atoms with Crippen LogP contribution in [0.3, 0.4) is 0 Å². The molecule has 0 heterocycles. The van der Waals surface area contributed by atoms with Crippen molar-refractivity contribution in [3.63, 3.8) is 0 Å². The molecule has 5 nitrogen and oxygen atoms in total. The summed E-state index contributed by atoms with van der Waals surface area (Å²) in [6.07, 6.45) is 0.368. The summed E-state index contributed by atoms with van der Waals surface area (Å²) in [5.41, 5.74) is 6.37. The lowest BCUT2D eigenvalue weighted by molar-refractivity contribution is -0.117. The first-order valence-corrected chi connectivity index (χ1v) is 5.62. The minimum Gasteiger partial charge on any atom is -0.478 e. The number of carbonyl (C=O) groups excluding carboxylic acids is 1. The van der Waals surface area contributed by atoms with E-state index in [2.05, 4.69) is 5.32 Å². The lowest BCUT2D eigenvalue weighted by Gasteiger charge is -2.17. The maximum Gasteiger partial charge on any atom is 0.335 e. The SMILES string of the molecule is CC(C)(C)CC(=O)Nc1ccc(C(=O)O)cc1N. The molecule has 0 saturated carbocycles. The van der Waals surface area contributed by atoms with Gasteiger partial charge in [0, 0.05) is 6.42 Å². The molecule has 0 fully saturated rings. The molecule has 0 spiro atoms. The third-order valence-corrected chi connectivity index (χ3v) is 2.26. The van der Waals surface area contributed by atoms with Gasteiger partial charge >= 0.3 is 5.97 Å². The number of carboxylic acids is 1. The highest BCUT2D eigenvalue weighted by Crippen LogP contribution is 2.23. The molecule has 1 aromatic carbocycles. The normalized spacial score (nSPS) is 11.1. The van der Waals surface area contributed by atoms with Crippen LogP contribution in [0.25, 0.3) is 0 Å². The number of aromatic carboxylic acids is 1. The van der Waals surface area contributed by atoms with E-state index in [1.54, 1.807) is 0 Å². The number of amides is 1. The highest BCUT2D eigenvalue weighted by atomic mass is 16.4. The molecule has 98 valence electrons. The number of hydrogen-bond acceptors (Lipinski definition) is 3. The van der Waals surface area contributed by atoms with Gasteiger partial charge in [-0.3, -0.25) is 4.79 Å². The van der Waals surface area contributed by atoms with Gasteiger partial charge in [-0.25, -0.2) is 4.79 Å². The van der Waals surface area contributed by atoms with Crippen molar-refractivity contribution >= 4 is 23.3 Å². The Morgan fingerprint density at radius 1 is 1.33 bits per heavy atom. The molecule has 1 amide bonds. The van der Waals surface area contributed by atoms with E-state index in [4.69, 9.17) is 10.8 Å². The van der Waals surface area contributed by atoms with Gasteiger partial charge in [-0.05, 0) is 23.6 Å². The fourth-order valence-corrected chi connectivity index (χ4v) is 1.49. The van der Waals surface area contributed by atoms with Gasteiger partial charge in [-0.2, -0.15) is 0 Å². The van der Waals surface area contributed by atoms with E-state index in [0.717, 1.165) is 0 Å². The number of anilines is 2. The number of carboxylic acid groups (broad SMARTS) is 1. The van der Waals surface area contributed by atoms with Crippen LogP contribution in [0, 0.1) is 5.41 Å². The number of hydrogen-bond donors (Lipinski definition) is 3. The molecule has 0 aliphatic rings. The number of rotatable bonds is 3. The molecule has 0 aliphatic heterocycles. The highest BCUT2D eigenvalue weighted by Gasteiger charge is 2.16. The van der Waals surface area contributed by atoms with Crippen molar-refractivity contribution in [3.05, 3.63) is 23.8 Å². The number of benzene rings is 1. The van der Waals surface area contributed by atoms with Crippen molar-refractivity contribution in [1.82, 2.24) is 0 Å². The monoisotopic (exact) mass is 250 g/mol. The van der Waals surface area contributed by atoms with Gasteiger partial charge in [0.25, 0.3) is 0 Å². The number of nitrogen functional groups attached to an aromatic ring is 1. The molecular formula is C13H18N2O3. The average molecular weight is 250 g/mol. The number of nitrogens with two attached hydrogens (primary N) is 1. The Bertz CT molecular complexity index is 476. The molecular weight excluding hydrogens is 232 g/mol. The van der Waals surface area contributed by atoms with E-state index in [0.29, 0.717) is 12.1 Å². The minimum absolute atomic E-state index is 0.0984. The Balaban J connectivity index is 2.80. The van der Waals surface area contributed by atoms with Gasteiger partial charge in [-0.1, -0.05) is 20.8 Å². The molecule has 18 heavy (non-hydrogen) atoms. The third-order valence-electron chi connectivity index (χ3n) is 2.26. The first-order chi connectivity index (χ1) is 8.19. The van der Waals surface area contributed by atoms with E-state index in [1.165, 1.54) is 18.2 Å². The largest absolute Gasteiger partial charge is 0.478 e. The molecule has 0 radical (unpaired) electrons. The topological polar surface area (TPSA) is 92.4 Å². The lowest BCUT2D eigenvalue weighted by atomic mass is 9.92. The molecule has 1 rings (SSSR count). The zero-order valence-electron chi connectivity index (χ0n) is 10.8. The molecule has 0 bridgehead atoms. The van der Waals surface area contributed by atoms with Crippen LogP contribution in [0.1, 0.15) is 37.6 Å². The lowest BCUT2D eigenvalue weighted by Crippen LogP contribution is -2.20. The van der Waals surface area contributed by atoms with Crippen LogP contribution in [0.4, 0.5) is 11.4 Å². The van der Waals surface area contributed by atoms with E-state index in [1.807, 2.05) is 20.8 Å². The van der Waals surface area contributed by atoms with Crippen molar-refractivity contribution in [2.45, 2.75) is 27.2 Å². The van der Waals surface area contributed by atoms with E-state index >= 15 is 0 Å². The number of nitrogens with one attached hydrogen (secondary N) is 1. The summed E-state index contributed by atoms with van der Waals surface area (Å²) in [5, 5.41) is 11.5. The molecule has 0 atom stereocenters. The van der Waals surface area contributed by atoms with Gasteiger partial charge < -0.3 is 16.2 Å². The molecule has 0 aromatic heterocycles. The summed E-state index contributed by atoms with van der Waals surface area (Å²) in [5.74, 6) is -1.19. The van der Waals surface area contributed by atoms with Crippen LogP contribution in [0.2, 0.25) is 0 Å². The quantitative estimate of drug-likeness (QED) is 0.718. The Morgan fingerprint density at radius 3 is 2.39 bits per heavy atom. The Kier molecular flexibility index (Phi) is 3.96. The van der Waals surface area contributed by atoms with Crippen LogP contribution in [-0.2, 0) is 4.79 Å². The van der Waals surface area contributed by atoms with Gasteiger partial charge in [-0.15, -0.1) is 0 Å². The van der Waals surface area contributed by atoms with Gasteiger partial charge in [0.15, 0.2) is 0 Å². The summed E-state index contributed by atoms with van der Waals surface area (Å²) >= 11 is 0. The van der Waals surface area contributed by atoms with Crippen molar-refractivity contribution < 1.29 is 14.7 Å².